The molecule has 0 bridgehead atoms. The second kappa shape index (κ2) is 34.2. The topological polar surface area (TPSA) is 228 Å². The number of anilines is 2. The maximum absolute atomic E-state index is 14.1. The van der Waals surface area contributed by atoms with Crippen molar-refractivity contribution < 1.29 is 27.1 Å². The van der Waals surface area contributed by atoms with Crippen LogP contribution in [0, 0.1) is 11.6 Å². The van der Waals surface area contributed by atoms with Crippen molar-refractivity contribution >= 4 is 117 Å². The lowest BCUT2D eigenvalue weighted by Crippen LogP contribution is -2.48. The lowest BCUT2D eigenvalue weighted by molar-refractivity contribution is 0.0863. The molecule has 0 aliphatic carbocycles. The summed E-state index contributed by atoms with van der Waals surface area (Å²) in [6.45, 7) is 22.1. The summed E-state index contributed by atoms with van der Waals surface area (Å²) in [5.41, 5.74) is 18.1. The second-order valence-corrected chi connectivity index (χ2v) is 42.4. The van der Waals surface area contributed by atoms with Gasteiger partial charge in [-0.2, -0.15) is 0 Å². The van der Waals surface area contributed by atoms with Crippen molar-refractivity contribution in [3.05, 3.63) is 255 Å². The molecule has 13 aromatic rings. The first kappa shape index (κ1) is 75.8. The molecule has 6 aromatic heterocycles. The van der Waals surface area contributed by atoms with Crippen molar-refractivity contribution in [1.82, 2.24) is 38.9 Å². The number of nitrogens with two attached hydrogens (primary N) is 1. The molecule has 7 aromatic carbocycles. The number of benzene rings is 7. The number of hydrogen-bond donors (Lipinski definition) is 1. The minimum Gasteiger partial charge on any atom is -0.421 e. The number of halogens is 2. The number of piperazine rings is 2. The number of nitrogens with zero attached hydrogens (tertiary/aromatic N) is 13. The van der Waals surface area contributed by atoms with Gasteiger partial charge < -0.3 is 43.0 Å². The summed E-state index contributed by atoms with van der Waals surface area (Å²) in [5.74, 6) is 2.06. The lowest BCUT2D eigenvalue weighted by Gasteiger charge is -2.36. The monoisotopic (exact) mass is 1480 g/mol. The van der Waals surface area contributed by atoms with Gasteiger partial charge in [0.1, 0.15) is 65.6 Å². The number of azide groups is 1. The molecule has 2 atom stereocenters. The van der Waals surface area contributed by atoms with Gasteiger partial charge in [0.15, 0.2) is 11.0 Å². The standard InChI is InChI=1S/C31H35FN8O3Si.C31H37FN6O3Si.C18H15P.CH4/c1-44(2,3)17-16-42-20-40-28-23-6-4-5-7-26(23)43-31(41)27(28)35-30(40)25(36-37-33)19-38-12-14-39(15-13-38)29-24-18-22(32)9-8-21(24)10-11-34-29;1-42(2,3)17-16-40-20-38-28-23-6-4-5-7-26(23)41-31(39)27(28)35-30(38)25(33)19-36-12-14-37(15-13-36)29-24-18-22(32)9-8-21(24)10-11-34-29;1-4-10-16(11-5-1)19(17-12-6-2-7-13-17)18-14-8-3-9-15-18;/h4-11,18,25H,12-17,19-20H2,1-3H3;4-11,18,25H,12-17,19-20,33H2,1-3H3;1-15H;1H4. The van der Waals surface area contributed by atoms with Gasteiger partial charge >= 0.3 is 11.3 Å². The average molecular weight is 1480 g/mol. The number of fused-ring (bicyclic) bond motifs is 8. The summed E-state index contributed by atoms with van der Waals surface area (Å²) in [6, 6.07) is 61.4. The van der Waals surface area contributed by atoms with Crippen molar-refractivity contribution in [2.75, 3.05) is 88.5 Å². The maximum atomic E-state index is 14.1. The van der Waals surface area contributed by atoms with Gasteiger partial charge in [-0.1, -0.05) is 179 Å². The Morgan fingerprint density at radius 1 is 0.528 bits per heavy atom. The van der Waals surface area contributed by atoms with Crippen LogP contribution in [0.2, 0.25) is 51.4 Å². The first-order chi connectivity index (χ1) is 50.8. The third-order valence-corrected chi connectivity index (χ3v) is 24.9. The van der Waals surface area contributed by atoms with Gasteiger partial charge in [-0.15, -0.1) is 0 Å². The van der Waals surface area contributed by atoms with Gasteiger partial charge in [-0.25, -0.2) is 38.3 Å². The minimum absolute atomic E-state index is 0. The molecule has 2 aliphatic rings. The quantitative estimate of drug-likeness (QED) is 0.0127. The molecular weight excluding hydrogens is 1390 g/mol. The highest BCUT2D eigenvalue weighted by Gasteiger charge is 2.31. The van der Waals surface area contributed by atoms with Gasteiger partial charge in [-0.05, 0) is 113 Å². The predicted octanol–water partition coefficient (Wildman–Crippen LogP) is 15.4. The Morgan fingerprint density at radius 2 is 0.925 bits per heavy atom. The zero-order valence-corrected chi connectivity index (χ0v) is 63.0. The van der Waals surface area contributed by atoms with Crippen LogP contribution < -0.4 is 42.7 Å². The molecule has 2 aliphatic heterocycles. The highest BCUT2D eigenvalue weighted by Crippen LogP contribution is 2.35. The molecule has 0 radical (unpaired) electrons. The van der Waals surface area contributed by atoms with Crippen LogP contribution in [-0.4, -0.2) is 134 Å². The summed E-state index contributed by atoms with van der Waals surface area (Å²) in [5, 5.41) is 13.4. The molecule has 548 valence electrons. The number of pyridine rings is 2. The van der Waals surface area contributed by atoms with E-state index in [0.29, 0.717) is 86.3 Å². The third kappa shape index (κ3) is 18.0. The summed E-state index contributed by atoms with van der Waals surface area (Å²) >= 11 is 0. The molecule has 15 rings (SSSR count). The van der Waals surface area contributed by atoms with Crippen molar-refractivity contribution in [1.29, 1.82) is 0 Å². The number of aromatic nitrogens is 6. The molecule has 2 fully saturated rings. The first-order valence-corrected chi connectivity index (χ1v) is 44.4. The van der Waals surface area contributed by atoms with E-state index in [4.69, 9.17) is 34.0 Å². The molecule has 2 saturated heterocycles. The summed E-state index contributed by atoms with van der Waals surface area (Å²) in [4.78, 5) is 56.6. The van der Waals surface area contributed by atoms with Gasteiger partial charge in [0, 0.05) is 134 Å². The Hall–Kier alpha value is -9.85. The van der Waals surface area contributed by atoms with E-state index in [1.165, 1.54) is 34.1 Å². The predicted molar refractivity (Wildman–Crippen MR) is 431 cm³/mol. The zero-order chi connectivity index (χ0) is 73.2. The van der Waals surface area contributed by atoms with E-state index in [2.05, 4.69) is 170 Å². The smallest absolute Gasteiger partial charge is 0.364 e. The molecule has 25 heteroatoms. The molecule has 8 heterocycles. The Labute approximate surface area is 618 Å². The Bertz CT molecular complexity index is 5240. The molecule has 20 nitrogen and oxygen atoms in total. The van der Waals surface area contributed by atoms with Crippen LogP contribution >= 0.6 is 7.92 Å². The van der Waals surface area contributed by atoms with Crippen LogP contribution in [0.25, 0.3) is 76.0 Å². The molecule has 2 unspecified atom stereocenters. The van der Waals surface area contributed by atoms with Crippen molar-refractivity contribution in [3.8, 4) is 0 Å². The number of imidazole rings is 2. The van der Waals surface area contributed by atoms with Crippen LogP contribution in [0.4, 0.5) is 20.4 Å². The van der Waals surface area contributed by atoms with Gasteiger partial charge in [0.2, 0.25) is 0 Å². The van der Waals surface area contributed by atoms with E-state index < -0.39 is 47.4 Å². The molecule has 0 amide bonds. The largest absolute Gasteiger partial charge is 0.421 e. The van der Waals surface area contributed by atoms with E-state index in [9.17, 15) is 23.9 Å². The second-order valence-electron chi connectivity index (χ2n) is 28.9. The van der Waals surface area contributed by atoms with E-state index in [0.717, 1.165) is 82.2 Å². The zero-order valence-electron chi connectivity index (χ0n) is 60.1. The number of ether oxygens (including phenoxy) is 2. The number of rotatable bonds is 22. The fraction of sp³-hybridized carbons (Fsp3) is 0.309. The van der Waals surface area contributed by atoms with E-state index >= 15 is 0 Å². The first-order valence-electron chi connectivity index (χ1n) is 35.6. The van der Waals surface area contributed by atoms with Gasteiger partial charge in [-0.3, -0.25) is 9.80 Å². The summed E-state index contributed by atoms with van der Waals surface area (Å²) in [6.07, 6.45) is 3.52. The summed E-state index contributed by atoms with van der Waals surface area (Å²) in [7, 11) is -3.04. The van der Waals surface area contributed by atoms with Crippen LogP contribution in [0.5, 0.6) is 0 Å². The Kier molecular flexibility index (Phi) is 24.4. The highest BCUT2D eigenvalue weighted by molar-refractivity contribution is 7.79. The molecule has 0 saturated carbocycles. The third-order valence-electron chi connectivity index (χ3n) is 19.0. The van der Waals surface area contributed by atoms with Crippen LogP contribution in [0.15, 0.2) is 224 Å². The maximum Gasteiger partial charge on any atom is 0.364 e. The lowest BCUT2D eigenvalue weighted by atomic mass is 10.1. The minimum atomic E-state index is -1.33. The Morgan fingerprint density at radius 3 is 1.35 bits per heavy atom. The normalized spacial score (nSPS) is 14.4. The molecule has 2 N–H and O–H groups in total. The molecular formula is C81H91F2N14O6PSi2. The van der Waals surface area contributed by atoms with Gasteiger partial charge in [0.05, 0.1) is 17.1 Å². The van der Waals surface area contributed by atoms with Gasteiger partial charge in [0.25, 0.3) is 0 Å². The van der Waals surface area contributed by atoms with Crippen molar-refractivity contribution in [3.63, 3.8) is 0 Å². The van der Waals surface area contributed by atoms with Crippen molar-refractivity contribution in [2.24, 2.45) is 10.8 Å². The summed E-state index contributed by atoms with van der Waals surface area (Å²) < 4.78 is 55.4. The number of para-hydroxylation sites is 2. The van der Waals surface area contributed by atoms with Crippen molar-refractivity contribution in [2.45, 2.75) is 84.3 Å². The molecule has 0 spiro atoms. The average Bonchev–Trinajstić information content (AvgIpc) is 1.60. The fourth-order valence-electron chi connectivity index (χ4n) is 13.5. The fourth-order valence-corrected chi connectivity index (χ4v) is 17.3. The van der Waals surface area contributed by atoms with Crippen LogP contribution in [0.3, 0.4) is 0 Å². The number of hydrogen-bond acceptors (Lipinski definition) is 16. The van der Waals surface area contributed by atoms with Crippen LogP contribution in [-0.2, 0) is 22.9 Å². The van der Waals surface area contributed by atoms with E-state index in [-0.39, 0.29) is 43.6 Å². The molecule has 106 heavy (non-hydrogen) atoms. The Balaban J connectivity index is 0.000000159. The van der Waals surface area contributed by atoms with Crippen LogP contribution in [0.1, 0.15) is 31.2 Å². The highest BCUT2D eigenvalue weighted by atomic mass is 31.1. The van der Waals surface area contributed by atoms with E-state index in [1.807, 2.05) is 57.7 Å². The van der Waals surface area contributed by atoms with E-state index in [1.54, 1.807) is 42.7 Å². The SMILES string of the molecule is C.C[Si](C)(C)CCOCn1c(C(CN2CCN(c3nccc4ccc(F)cc34)CC2)N=[N+]=[N-])nc2c(=O)oc3ccccc3c21.C[Si](C)(C)CCOCn1c(C(N)CN2CCN(c3nccc4ccc(F)cc34)CC2)nc2c(=O)oc3ccccc3c21.c1ccc(P(c2ccccc2)c2ccccc2)cc1.